The van der Waals surface area contributed by atoms with E-state index in [1.54, 1.807) is 41.2 Å². The number of aliphatic imine (C=N–C) groups is 1. The molecule has 0 radical (unpaired) electrons. The lowest BCUT2D eigenvalue weighted by Crippen LogP contribution is -2.48. The fraction of sp³-hybridized carbons (Fsp3) is 0.235. The van der Waals surface area contributed by atoms with Crippen LogP contribution in [0.15, 0.2) is 47.7 Å². The fourth-order valence-electron chi connectivity index (χ4n) is 2.22. The predicted octanol–water partition coefficient (Wildman–Crippen LogP) is 3.16. The molecule has 0 fully saturated rings. The first kappa shape index (κ1) is 18.8. The van der Waals surface area contributed by atoms with Gasteiger partial charge in [-0.2, -0.15) is 4.57 Å². The quantitative estimate of drug-likeness (QED) is 0.274. The number of benzene rings is 1. The SMILES string of the molecule is CCN=C([S-])C(C(=O)c1ccc(Cl)c(Cl)c1)[n+]1cccc(CO)c1. The first-order valence-electron chi connectivity index (χ1n) is 7.29. The van der Waals surface area contributed by atoms with E-state index in [0.29, 0.717) is 27.7 Å². The van der Waals surface area contributed by atoms with Gasteiger partial charge < -0.3 is 22.7 Å². The summed E-state index contributed by atoms with van der Waals surface area (Å²) in [5.41, 5.74) is 1.06. The molecule has 126 valence electrons. The Labute approximate surface area is 156 Å². The maximum Gasteiger partial charge on any atom is 0.237 e. The van der Waals surface area contributed by atoms with Gasteiger partial charge in [-0.05, 0) is 36.2 Å². The molecule has 2 aromatic rings. The van der Waals surface area contributed by atoms with E-state index < -0.39 is 6.04 Å². The van der Waals surface area contributed by atoms with Crippen molar-refractivity contribution in [1.82, 2.24) is 0 Å². The summed E-state index contributed by atoms with van der Waals surface area (Å²) in [6.45, 7) is 2.19. The summed E-state index contributed by atoms with van der Waals surface area (Å²) < 4.78 is 1.65. The van der Waals surface area contributed by atoms with Crippen molar-refractivity contribution < 1.29 is 14.5 Å². The van der Waals surface area contributed by atoms with Gasteiger partial charge in [-0.1, -0.05) is 23.2 Å². The number of aromatic nitrogens is 1. The lowest BCUT2D eigenvalue weighted by atomic mass is 10.0. The molecule has 0 amide bonds. The van der Waals surface area contributed by atoms with Gasteiger partial charge in [-0.25, -0.2) is 0 Å². The van der Waals surface area contributed by atoms with Gasteiger partial charge in [-0.15, -0.1) is 0 Å². The van der Waals surface area contributed by atoms with Gasteiger partial charge in [0, 0.05) is 23.7 Å². The van der Waals surface area contributed by atoms with Crippen molar-refractivity contribution >= 4 is 46.7 Å². The summed E-state index contributed by atoms with van der Waals surface area (Å²) in [7, 11) is 0. The number of Topliss-reactive ketones (excluding diaryl/α,β-unsaturated/α-hetero) is 1. The van der Waals surface area contributed by atoms with Crippen LogP contribution in [-0.2, 0) is 19.2 Å². The van der Waals surface area contributed by atoms with Crippen LogP contribution in [0.3, 0.4) is 0 Å². The molecule has 0 aliphatic rings. The van der Waals surface area contributed by atoms with Crippen LogP contribution in [0.1, 0.15) is 28.9 Å². The lowest BCUT2D eigenvalue weighted by Gasteiger charge is -2.19. The van der Waals surface area contributed by atoms with E-state index in [4.69, 9.17) is 35.8 Å². The van der Waals surface area contributed by atoms with Gasteiger partial charge in [0.2, 0.25) is 11.8 Å². The summed E-state index contributed by atoms with van der Waals surface area (Å²) in [5, 5.41) is 10.3. The maximum absolute atomic E-state index is 13.0. The highest BCUT2D eigenvalue weighted by Gasteiger charge is 2.28. The van der Waals surface area contributed by atoms with Crippen molar-refractivity contribution in [3.05, 3.63) is 63.9 Å². The molecule has 1 aromatic carbocycles. The molecule has 1 unspecified atom stereocenters. The number of pyridine rings is 1. The number of nitrogens with zero attached hydrogens (tertiary/aromatic N) is 2. The molecular formula is C17H16Cl2N2O2S. The lowest BCUT2D eigenvalue weighted by molar-refractivity contribution is -0.692. The molecule has 0 saturated carbocycles. The zero-order valence-corrected chi connectivity index (χ0v) is 15.3. The number of hydrogen-bond acceptors (Lipinski definition) is 4. The van der Waals surface area contributed by atoms with Gasteiger partial charge in [0.15, 0.2) is 12.4 Å². The third kappa shape index (κ3) is 4.30. The van der Waals surface area contributed by atoms with Crippen LogP contribution in [0, 0.1) is 0 Å². The van der Waals surface area contributed by atoms with Gasteiger partial charge in [-0.3, -0.25) is 4.79 Å². The minimum absolute atomic E-state index is 0.133. The normalized spacial score (nSPS) is 12.9. The Hall–Kier alpha value is -1.53. The van der Waals surface area contributed by atoms with Crippen molar-refractivity contribution in [3.8, 4) is 0 Å². The molecule has 24 heavy (non-hydrogen) atoms. The van der Waals surface area contributed by atoms with Crippen molar-refractivity contribution in [2.24, 2.45) is 4.99 Å². The van der Waals surface area contributed by atoms with Gasteiger partial charge in [0.05, 0.1) is 16.7 Å². The Morgan fingerprint density at radius 3 is 2.71 bits per heavy atom. The number of ketones is 1. The summed E-state index contributed by atoms with van der Waals surface area (Å²) in [6, 6.07) is 7.41. The minimum atomic E-state index is -0.788. The molecular weight excluding hydrogens is 367 g/mol. The number of aliphatic hydroxyl groups excluding tert-OH is 1. The Kier molecular flexibility index (Phi) is 6.69. The van der Waals surface area contributed by atoms with Crippen molar-refractivity contribution in [2.45, 2.75) is 19.6 Å². The fourth-order valence-corrected chi connectivity index (χ4v) is 2.88. The molecule has 0 aliphatic heterocycles. The zero-order valence-electron chi connectivity index (χ0n) is 12.9. The molecule has 0 aliphatic carbocycles. The molecule has 4 nitrogen and oxygen atoms in total. The molecule has 1 aromatic heterocycles. The molecule has 7 heteroatoms. The number of hydrogen-bond donors (Lipinski definition) is 1. The summed E-state index contributed by atoms with van der Waals surface area (Å²) in [6.07, 6.45) is 3.40. The summed E-state index contributed by atoms with van der Waals surface area (Å²) >= 11 is 17.3. The highest BCUT2D eigenvalue weighted by Crippen LogP contribution is 2.24. The Balaban J connectivity index is 2.51. The van der Waals surface area contributed by atoms with E-state index in [2.05, 4.69) is 4.99 Å². The molecule has 0 spiro atoms. The van der Waals surface area contributed by atoms with Crippen molar-refractivity contribution in [1.29, 1.82) is 0 Å². The smallest absolute Gasteiger partial charge is 0.237 e. The van der Waals surface area contributed by atoms with Gasteiger partial charge >= 0.3 is 0 Å². The highest BCUT2D eigenvalue weighted by molar-refractivity contribution is 7.77. The van der Waals surface area contributed by atoms with Crippen LogP contribution in [0.5, 0.6) is 0 Å². The zero-order chi connectivity index (χ0) is 17.7. The number of aliphatic hydroxyl groups is 1. The Morgan fingerprint density at radius 2 is 2.08 bits per heavy atom. The van der Waals surface area contributed by atoms with Crippen molar-refractivity contribution in [3.63, 3.8) is 0 Å². The maximum atomic E-state index is 13.0. The standard InChI is InChI=1S/C17H16Cl2N2O2S/c1-2-20-17(24)15(21-7-3-4-11(9-21)10-22)16(23)12-5-6-13(18)14(19)8-12/h3-9,15,22H,2,10H2,1H3. The van der Waals surface area contributed by atoms with E-state index in [0.717, 1.165) is 0 Å². The summed E-state index contributed by atoms with van der Waals surface area (Å²) in [5.74, 6) is -0.240. The van der Waals surface area contributed by atoms with Crippen LogP contribution in [0.2, 0.25) is 10.0 Å². The Bertz CT molecular complexity index is 781. The van der Waals surface area contributed by atoms with Crippen molar-refractivity contribution in [2.75, 3.05) is 6.54 Å². The minimum Gasteiger partial charge on any atom is -0.758 e. The van der Waals surface area contributed by atoms with Crippen LogP contribution in [0.25, 0.3) is 0 Å². The van der Waals surface area contributed by atoms with Gasteiger partial charge in [0.25, 0.3) is 0 Å². The monoisotopic (exact) mass is 382 g/mol. The highest BCUT2D eigenvalue weighted by atomic mass is 35.5. The largest absolute Gasteiger partial charge is 0.758 e. The molecule has 0 bridgehead atoms. The molecule has 1 atom stereocenters. The van der Waals surface area contributed by atoms with E-state index in [1.165, 1.54) is 6.07 Å². The first-order valence-corrected chi connectivity index (χ1v) is 8.45. The number of halogens is 2. The van der Waals surface area contributed by atoms with E-state index >= 15 is 0 Å². The first-order chi connectivity index (χ1) is 11.5. The van der Waals surface area contributed by atoms with Gasteiger partial charge in [0.1, 0.15) is 0 Å². The number of carbonyl (C=O) groups is 1. The molecule has 0 saturated heterocycles. The summed E-state index contributed by atoms with van der Waals surface area (Å²) in [4.78, 5) is 17.2. The predicted molar refractivity (Wildman–Crippen MR) is 97.7 cm³/mol. The molecule has 1 N–H and O–H groups in total. The van der Waals surface area contributed by atoms with E-state index in [-0.39, 0.29) is 17.4 Å². The number of rotatable bonds is 6. The van der Waals surface area contributed by atoms with Crippen LogP contribution in [0.4, 0.5) is 0 Å². The Morgan fingerprint density at radius 1 is 1.33 bits per heavy atom. The second kappa shape index (κ2) is 8.53. The van der Waals surface area contributed by atoms with E-state index in [1.807, 2.05) is 6.92 Å². The molecule has 2 rings (SSSR count). The second-order valence-corrected chi connectivity index (χ2v) is 6.26. The second-order valence-electron chi connectivity index (χ2n) is 5.03. The average Bonchev–Trinajstić information content (AvgIpc) is 2.58. The van der Waals surface area contributed by atoms with Crippen LogP contribution >= 0.6 is 23.2 Å². The third-order valence-electron chi connectivity index (χ3n) is 3.36. The molecule has 1 heterocycles. The average molecular weight is 383 g/mol. The van der Waals surface area contributed by atoms with Crippen LogP contribution in [-0.4, -0.2) is 22.5 Å². The topological polar surface area (TPSA) is 53.5 Å². The van der Waals surface area contributed by atoms with E-state index in [9.17, 15) is 9.90 Å². The number of carbonyl (C=O) groups excluding carboxylic acids is 1. The van der Waals surface area contributed by atoms with Crippen LogP contribution < -0.4 is 4.57 Å². The third-order valence-corrected chi connectivity index (χ3v) is 4.46.